The van der Waals surface area contributed by atoms with Crippen LogP contribution in [0.3, 0.4) is 0 Å². The number of nitrogens with zero attached hydrogens (tertiary/aromatic N) is 2. The molecule has 32 heavy (non-hydrogen) atoms. The van der Waals surface area contributed by atoms with E-state index in [4.69, 9.17) is 20.8 Å². The number of hydrogen-bond donors (Lipinski definition) is 0. The molecular weight excluding hydrogens is 428 g/mol. The van der Waals surface area contributed by atoms with Crippen LogP contribution in [0.1, 0.15) is 46.6 Å². The largest absolute Gasteiger partial charge is 0.494 e. The maximum Gasteiger partial charge on any atom is 0.290 e. The molecule has 1 atom stereocenters. The molecule has 0 aliphatic carbocycles. The monoisotopic (exact) mass is 454 g/mol. The number of hydrogen-bond acceptors (Lipinski definition) is 5. The predicted octanol–water partition coefficient (Wildman–Crippen LogP) is 4.65. The highest BCUT2D eigenvalue weighted by molar-refractivity contribution is 6.32. The van der Waals surface area contributed by atoms with E-state index in [1.807, 2.05) is 52.2 Å². The summed E-state index contributed by atoms with van der Waals surface area (Å²) in [5.74, 6) is 0.602. The van der Waals surface area contributed by atoms with Crippen LogP contribution < -0.4 is 10.2 Å². The van der Waals surface area contributed by atoms with Gasteiger partial charge in [0, 0.05) is 11.6 Å². The molecule has 4 rings (SSSR count). The van der Waals surface area contributed by atoms with E-state index in [2.05, 4.69) is 4.90 Å². The first-order chi connectivity index (χ1) is 15.3. The van der Waals surface area contributed by atoms with Crippen molar-refractivity contribution in [2.45, 2.75) is 26.3 Å². The minimum Gasteiger partial charge on any atom is -0.494 e. The second-order valence-electron chi connectivity index (χ2n) is 8.33. The minimum atomic E-state index is -0.518. The summed E-state index contributed by atoms with van der Waals surface area (Å²) < 4.78 is 11.6. The van der Waals surface area contributed by atoms with Crippen LogP contribution in [0.5, 0.6) is 5.75 Å². The van der Waals surface area contributed by atoms with Crippen LogP contribution in [0.15, 0.2) is 45.6 Å². The quantitative estimate of drug-likeness (QED) is 0.520. The Morgan fingerprint density at radius 1 is 1.16 bits per heavy atom. The van der Waals surface area contributed by atoms with Gasteiger partial charge in [0.05, 0.1) is 23.6 Å². The lowest BCUT2D eigenvalue weighted by Crippen LogP contribution is -2.32. The van der Waals surface area contributed by atoms with Crippen molar-refractivity contribution < 1.29 is 13.9 Å². The summed E-state index contributed by atoms with van der Waals surface area (Å²) in [4.78, 5) is 30.8. The third kappa shape index (κ3) is 4.00. The van der Waals surface area contributed by atoms with Crippen molar-refractivity contribution >= 4 is 28.5 Å². The fraction of sp³-hybridized carbons (Fsp3) is 0.360. The highest BCUT2D eigenvalue weighted by atomic mass is 35.5. The lowest BCUT2D eigenvalue weighted by Gasteiger charge is -2.26. The van der Waals surface area contributed by atoms with Crippen LogP contribution >= 0.6 is 11.6 Å². The second-order valence-corrected chi connectivity index (χ2v) is 8.74. The third-order valence-electron chi connectivity index (χ3n) is 5.76. The molecule has 1 aliphatic heterocycles. The van der Waals surface area contributed by atoms with Crippen molar-refractivity contribution in [3.63, 3.8) is 0 Å². The maximum atomic E-state index is 13.6. The lowest BCUT2D eigenvalue weighted by atomic mass is 9.98. The second kappa shape index (κ2) is 8.96. The molecule has 1 amide bonds. The summed E-state index contributed by atoms with van der Waals surface area (Å²) in [7, 11) is 3.99. The molecule has 7 heteroatoms. The molecule has 6 nitrogen and oxygen atoms in total. The molecule has 0 saturated heterocycles. The number of aryl methyl sites for hydroxylation is 1. The van der Waals surface area contributed by atoms with Crippen molar-refractivity contribution in [1.29, 1.82) is 0 Å². The van der Waals surface area contributed by atoms with E-state index in [1.54, 1.807) is 17.0 Å². The topological polar surface area (TPSA) is 63.0 Å². The van der Waals surface area contributed by atoms with Gasteiger partial charge in [-0.3, -0.25) is 9.59 Å². The molecule has 0 spiro atoms. The summed E-state index contributed by atoms with van der Waals surface area (Å²) in [5, 5.41) is 0.882. The first kappa shape index (κ1) is 22.4. The molecule has 3 aromatic rings. The maximum absolute atomic E-state index is 13.6. The van der Waals surface area contributed by atoms with Gasteiger partial charge in [0.25, 0.3) is 5.91 Å². The standard InChI is InChI=1S/C25H27ClN2O4/c1-5-31-17-9-7-16(8-10-17)22-21-23(29)18-14-19(26)15(2)13-20(18)32-24(21)25(30)28(22)12-6-11-27(3)4/h7-10,13-14,22H,5-6,11-12H2,1-4H3. The van der Waals surface area contributed by atoms with Gasteiger partial charge in [-0.2, -0.15) is 0 Å². The molecule has 1 unspecified atom stereocenters. The van der Waals surface area contributed by atoms with Crippen molar-refractivity contribution in [2.75, 3.05) is 33.8 Å². The lowest BCUT2D eigenvalue weighted by molar-refractivity contribution is 0.0722. The number of fused-ring (bicyclic) bond motifs is 2. The average Bonchev–Trinajstić information content (AvgIpc) is 3.02. The van der Waals surface area contributed by atoms with Gasteiger partial charge in [0.1, 0.15) is 11.3 Å². The zero-order valence-electron chi connectivity index (χ0n) is 18.8. The Morgan fingerprint density at radius 2 is 1.88 bits per heavy atom. The van der Waals surface area contributed by atoms with Crippen molar-refractivity contribution in [3.8, 4) is 5.75 Å². The molecule has 1 aromatic heterocycles. The van der Waals surface area contributed by atoms with Crippen LogP contribution in [-0.2, 0) is 0 Å². The summed E-state index contributed by atoms with van der Waals surface area (Å²) in [6.07, 6.45) is 0.777. The highest BCUT2D eigenvalue weighted by Crippen LogP contribution is 2.39. The highest BCUT2D eigenvalue weighted by Gasteiger charge is 2.42. The number of halogens is 1. The van der Waals surface area contributed by atoms with Gasteiger partial charge >= 0.3 is 0 Å². The average molecular weight is 455 g/mol. The van der Waals surface area contributed by atoms with E-state index in [9.17, 15) is 9.59 Å². The van der Waals surface area contributed by atoms with Crippen molar-refractivity contribution in [1.82, 2.24) is 9.80 Å². The fourth-order valence-corrected chi connectivity index (χ4v) is 4.35. The van der Waals surface area contributed by atoms with Crippen LogP contribution in [0.4, 0.5) is 0 Å². The Morgan fingerprint density at radius 3 is 2.53 bits per heavy atom. The Balaban J connectivity index is 1.86. The Labute approximate surface area is 192 Å². The van der Waals surface area contributed by atoms with E-state index >= 15 is 0 Å². The van der Waals surface area contributed by atoms with E-state index in [-0.39, 0.29) is 17.1 Å². The van der Waals surface area contributed by atoms with Gasteiger partial charge in [-0.25, -0.2) is 0 Å². The summed E-state index contributed by atoms with van der Waals surface area (Å²) in [6, 6.07) is 10.4. The van der Waals surface area contributed by atoms with Crippen LogP contribution in [0.25, 0.3) is 11.0 Å². The number of carbonyl (C=O) groups is 1. The fourth-order valence-electron chi connectivity index (χ4n) is 4.19. The zero-order chi connectivity index (χ0) is 23.0. The smallest absolute Gasteiger partial charge is 0.290 e. The normalized spacial score (nSPS) is 15.6. The van der Waals surface area contributed by atoms with Gasteiger partial charge in [-0.15, -0.1) is 0 Å². The first-order valence-corrected chi connectivity index (χ1v) is 11.1. The molecule has 0 fully saturated rings. The summed E-state index contributed by atoms with van der Waals surface area (Å²) in [6.45, 7) is 5.67. The Hall–Kier alpha value is -2.83. The van der Waals surface area contributed by atoms with Gasteiger partial charge in [-0.05, 0) is 76.3 Å². The Bertz CT molecular complexity index is 1220. The molecule has 168 valence electrons. The van der Waals surface area contributed by atoms with Gasteiger partial charge in [0.2, 0.25) is 5.76 Å². The number of carbonyl (C=O) groups excluding carboxylic acids is 1. The number of benzene rings is 2. The number of amides is 1. The van der Waals surface area contributed by atoms with E-state index < -0.39 is 6.04 Å². The number of rotatable bonds is 7. The first-order valence-electron chi connectivity index (χ1n) is 10.8. The predicted molar refractivity (Wildman–Crippen MR) is 126 cm³/mol. The molecule has 0 saturated carbocycles. The van der Waals surface area contributed by atoms with Crippen LogP contribution in [0.2, 0.25) is 5.02 Å². The van der Waals surface area contributed by atoms with Crippen molar-refractivity contribution in [2.24, 2.45) is 0 Å². The Kier molecular flexibility index (Phi) is 6.26. The summed E-state index contributed by atoms with van der Waals surface area (Å²) >= 11 is 6.29. The van der Waals surface area contributed by atoms with E-state index in [0.717, 1.165) is 29.8 Å². The van der Waals surface area contributed by atoms with Crippen LogP contribution in [-0.4, -0.2) is 49.5 Å². The molecule has 0 radical (unpaired) electrons. The van der Waals surface area contributed by atoms with Gasteiger partial charge < -0.3 is 19.0 Å². The molecule has 0 bridgehead atoms. The number of ether oxygens (including phenoxy) is 1. The molecule has 2 heterocycles. The van der Waals surface area contributed by atoms with Crippen molar-refractivity contribution in [3.05, 3.63) is 74.1 Å². The molecule has 1 aliphatic rings. The minimum absolute atomic E-state index is 0.118. The molecular formula is C25H27ClN2O4. The van der Waals surface area contributed by atoms with Gasteiger partial charge in [0.15, 0.2) is 5.43 Å². The summed E-state index contributed by atoms with van der Waals surface area (Å²) in [5.41, 5.74) is 2.17. The van der Waals surface area contributed by atoms with E-state index in [1.165, 1.54) is 0 Å². The zero-order valence-corrected chi connectivity index (χ0v) is 19.5. The van der Waals surface area contributed by atoms with Gasteiger partial charge in [-0.1, -0.05) is 23.7 Å². The third-order valence-corrected chi connectivity index (χ3v) is 6.17. The molecule has 0 N–H and O–H groups in total. The van der Waals surface area contributed by atoms with Crippen LogP contribution in [0, 0.1) is 6.92 Å². The SMILES string of the molecule is CCOc1ccc(C2c3c(oc4cc(C)c(Cl)cc4c3=O)C(=O)N2CCCN(C)C)cc1. The van der Waals surface area contributed by atoms with E-state index in [0.29, 0.717) is 34.7 Å². The molecule has 2 aromatic carbocycles.